The van der Waals surface area contributed by atoms with Gasteiger partial charge in [0.2, 0.25) is 0 Å². The molecule has 2 N–H and O–H groups in total. The first-order valence-electron chi connectivity index (χ1n) is 6.68. The van der Waals surface area contributed by atoms with Gasteiger partial charge in [0, 0.05) is 31.7 Å². The summed E-state index contributed by atoms with van der Waals surface area (Å²) in [7, 11) is 1.36. The summed E-state index contributed by atoms with van der Waals surface area (Å²) in [5.74, 6) is -0.153. The molecule has 0 aliphatic carbocycles. The normalized spacial score (nSPS) is 17.3. The van der Waals surface area contributed by atoms with Crippen molar-refractivity contribution in [2.45, 2.75) is 26.3 Å². The van der Waals surface area contributed by atoms with Gasteiger partial charge in [0.05, 0.1) is 7.11 Å². The van der Waals surface area contributed by atoms with Crippen LogP contribution in [0.4, 0.5) is 10.8 Å². The number of carbonyl (C=O) groups is 1. The summed E-state index contributed by atoms with van der Waals surface area (Å²) in [5, 5.41) is 0.822. The van der Waals surface area contributed by atoms with Crippen molar-refractivity contribution in [1.82, 2.24) is 9.27 Å². The number of nitrogens with zero attached hydrogens (tertiary/aromatic N) is 3. The molecule has 0 aromatic carbocycles. The Kier molecular flexibility index (Phi) is 4.19. The van der Waals surface area contributed by atoms with Gasteiger partial charge in [-0.05, 0) is 32.3 Å². The lowest BCUT2D eigenvalue weighted by molar-refractivity contribution is 0.0602. The zero-order valence-corrected chi connectivity index (χ0v) is 13.3. The molecule has 1 aromatic rings. The second-order valence-electron chi connectivity index (χ2n) is 5.88. The molecule has 0 unspecified atom stereocenters. The molecular weight excluding hydrogens is 276 g/mol. The molecule has 1 aromatic heterocycles. The van der Waals surface area contributed by atoms with Crippen molar-refractivity contribution < 1.29 is 9.53 Å². The number of hydrogen-bond donors (Lipinski definition) is 1. The number of piperazine rings is 1. The van der Waals surface area contributed by atoms with E-state index in [9.17, 15) is 4.79 Å². The molecule has 2 heterocycles. The van der Waals surface area contributed by atoms with Crippen molar-refractivity contribution in [3.05, 3.63) is 5.56 Å². The van der Waals surface area contributed by atoms with Crippen LogP contribution in [-0.4, -0.2) is 54.1 Å². The second-order valence-corrected chi connectivity index (χ2v) is 6.64. The number of rotatable bonds is 2. The van der Waals surface area contributed by atoms with E-state index in [4.69, 9.17) is 10.5 Å². The largest absolute Gasteiger partial charge is 0.465 e. The number of carbonyl (C=O) groups excluding carboxylic acids is 1. The quantitative estimate of drug-likeness (QED) is 0.833. The molecule has 0 saturated carbocycles. The van der Waals surface area contributed by atoms with Crippen molar-refractivity contribution in [3.8, 4) is 0 Å². The number of anilines is 2. The number of nitrogens with two attached hydrogens (primary N) is 1. The van der Waals surface area contributed by atoms with Gasteiger partial charge in [-0.2, -0.15) is 4.37 Å². The van der Waals surface area contributed by atoms with Gasteiger partial charge in [0.1, 0.15) is 10.6 Å². The molecule has 6 nitrogen and oxygen atoms in total. The molecule has 0 radical (unpaired) electrons. The van der Waals surface area contributed by atoms with E-state index in [0.717, 1.165) is 31.2 Å². The lowest BCUT2D eigenvalue weighted by Gasteiger charge is -2.42. The van der Waals surface area contributed by atoms with Crippen LogP contribution in [0.2, 0.25) is 0 Å². The summed E-state index contributed by atoms with van der Waals surface area (Å²) in [4.78, 5) is 16.4. The molecule has 2 rings (SSSR count). The minimum Gasteiger partial charge on any atom is -0.465 e. The molecule has 7 heteroatoms. The maximum atomic E-state index is 11.8. The highest BCUT2D eigenvalue weighted by molar-refractivity contribution is 7.11. The van der Waals surface area contributed by atoms with E-state index in [1.165, 1.54) is 18.6 Å². The molecule has 1 aliphatic heterocycles. The van der Waals surface area contributed by atoms with E-state index in [-0.39, 0.29) is 11.4 Å². The van der Waals surface area contributed by atoms with Crippen LogP contribution in [0.25, 0.3) is 0 Å². The van der Waals surface area contributed by atoms with Crippen LogP contribution in [0.5, 0.6) is 0 Å². The third-order valence-corrected chi connectivity index (χ3v) is 4.53. The minimum atomic E-state index is -0.412. The van der Waals surface area contributed by atoms with E-state index in [1.54, 1.807) is 0 Å². The predicted molar refractivity (Wildman–Crippen MR) is 81.4 cm³/mol. The Morgan fingerprint density at radius 3 is 2.40 bits per heavy atom. The maximum absolute atomic E-state index is 11.8. The van der Waals surface area contributed by atoms with E-state index in [0.29, 0.717) is 5.56 Å². The summed E-state index contributed by atoms with van der Waals surface area (Å²) in [6.07, 6.45) is 0. The van der Waals surface area contributed by atoms with E-state index >= 15 is 0 Å². The summed E-state index contributed by atoms with van der Waals surface area (Å²) >= 11 is 1.27. The molecule has 0 atom stereocenters. The van der Waals surface area contributed by atoms with Gasteiger partial charge in [0.15, 0.2) is 5.82 Å². The molecule has 112 valence electrons. The zero-order chi connectivity index (χ0) is 14.9. The van der Waals surface area contributed by atoms with Crippen molar-refractivity contribution in [2.75, 3.05) is 43.9 Å². The third-order valence-electron chi connectivity index (χ3n) is 3.61. The average Bonchev–Trinajstić information content (AvgIpc) is 2.79. The molecular formula is C13H22N4O2S. The standard InChI is InChI=1S/C13H22N4O2S/c1-13(2,3)17-7-5-16(6-8-17)11-9(12(18)19-4)10(14)15-20-11/h5-8H2,1-4H3,(H2,14,15). The van der Waals surface area contributed by atoms with Gasteiger partial charge < -0.3 is 15.4 Å². The van der Waals surface area contributed by atoms with Crippen molar-refractivity contribution >= 4 is 28.3 Å². The SMILES string of the molecule is COC(=O)c1c(N)nsc1N1CCN(C(C)(C)C)CC1. The van der Waals surface area contributed by atoms with Gasteiger partial charge in [-0.25, -0.2) is 4.79 Å². The molecule has 1 saturated heterocycles. The van der Waals surface area contributed by atoms with Crippen molar-refractivity contribution in [1.29, 1.82) is 0 Å². The average molecular weight is 298 g/mol. The van der Waals surface area contributed by atoms with E-state index in [1.807, 2.05) is 0 Å². The Hall–Kier alpha value is -1.34. The summed E-state index contributed by atoms with van der Waals surface area (Å²) < 4.78 is 8.88. The van der Waals surface area contributed by atoms with Crippen LogP contribution >= 0.6 is 11.5 Å². The number of aromatic nitrogens is 1. The van der Waals surface area contributed by atoms with Crippen molar-refractivity contribution in [2.24, 2.45) is 0 Å². The Bertz CT molecular complexity index is 487. The highest BCUT2D eigenvalue weighted by Crippen LogP contribution is 2.32. The molecule has 1 fully saturated rings. The predicted octanol–water partition coefficient (Wildman–Crippen LogP) is 1.43. The number of ether oxygens (including phenoxy) is 1. The fraction of sp³-hybridized carbons (Fsp3) is 0.692. The van der Waals surface area contributed by atoms with Crippen LogP contribution in [0.3, 0.4) is 0 Å². The molecule has 0 bridgehead atoms. The summed E-state index contributed by atoms with van der Waals surface area (Å²) in [6.45, 7) is 10.3. The monoisotopic (exact) mass is 298 g/mol. The third kappa shape index (κ3) is 2.88. The second kappa shape index (κ2) is 5.57. The maximum Gasteiger partial charge on any atom is 0.344 e. The van der Waals surface area contributed by atoms with Crippen LogP contribution < -0.4 is 10.6 Å². The van der Waals surface area contributed by atoms with Gasteiger partial charge in [-0.1, -0.05) is 0 Å². The number of methoxy groups -OCH3 is 1. The highest BCUT2D eigenvalue weighted by atomic mass is 32.1. The van der Waals surface area contributed by atoms with Gasteiger partial charge >= 0.3 is 5.97 Å². The van der Waals surface area contributed by atoms with Gasteiger partial charge in [-0.15, -0.1) is 0 Å². The van der Waals surface area contributed by atoms with Crippen LogP contribution in [0.15, 0.2) is 0 Å². The van der Waals surface area contributed by atoms with Crippen LogP contribution in [0.1, 0.15) is 31.1 Å². The number of esters is 1. The summed E-state index contributed by atoms with van der Waals surface area (Å²) in [6, 6.07) is 0. The van der Waals surface area contributed by atoms with E-state index < -0.39 is 5.97 Å². The fourth-order valence-corrected chi connectivity index (χ4v) is 3.24. The zero-order valence-electron chi connectivity index (χ0n) is 12.5. The van der Waals surface area contributed by atoms with Crippen LogP contribution in [0, 0.1) is 0 Å². The highest BCUT2D eigenvalue weighted by Gasteiger charge is 2.30. The van der Waals surface area contributed by atoms with Crippen LogP contribution in [-0.2, 0) is 4.74 Å². The topological polar surface area (TPSA) is 71.7 Å². The van der Waals surface area contributed by atoms with E-state index in [2.05, 4.69) is 34.9 Å². The lowest BCUT2D eigenvalue weighted by atomic mass is 10.0. The Morgan fingerprint density at radius 1 is 1.30 bits per heavy atom. The Morgan fingerprint density at radius 2 is 1.90 bits per heavy atom. The van der Waals surface area contributed by atoms with Gasteiger partial charge in [0.25, 0.3) is 0 Å². The first-order valence-corrected chi connectivity index (χ1v) is 7.45. The Labute approximate surface area is 123 Å². The molecule has 20 heavy (non-hydrogen) atoms. The number of nitrogen functional groups attached to an aromatic ring is 1. The molecule has 0 amide bonds. The summed E-state index contributed by atoms with van der Waals surface area (Å²) in [5.41, 5.74) is 6.36. The smallest absolute Gasteiger partial charge is 0.344 e. The van der Waals surface area contributed by atoms with Crippen molar-refractivity contribution in [3.63, 3.8) is 0 Å². The first kappa shape index (κ1) is 15.1. The molecule has 0 spiro atoms. The Balaban J connectivity index is 2.14. The molecule has 1 aliphatic rings. The first-order chi connectivity index (χ1) is 9.34. The number of hydrogen-bond acceptors (Lipinski definition) is 7. The van der Waals surface area contributed by atoms with Gasteiger partial charge in [-0.3, -0.25) is 4.90 Å². The fourth-order valence-electron chi connectivity index (χ4n) is 2.38. The minimum absolute atomic E-state index is 0.171. The lowest BCUT2D eigenvalue weighted by Crippen LogP contribution is -2.53.